The van der Waals surface area contributed by atoms with Crippen LogP contribution in [0.2, 0.25) is 0 Å². The van der Waals surface area contributed by atoms with Crippen molar-refractivity contribution in [1.29, 1.82) is 0 Å². The highest BCUT2D eigenvalue weighted by atomic mass is 32.1. The van der Waals surface area contributed by atoms with Crippen molar-refractivity contribution in [2.45, 2.75) is 32.8 Å². The second-order valence-corrected chi connectivity index (χ2v) is 5.73. The maximum Gasteiger partial charge on any atom is 0.113 e. The third-order valence-electron chi connectivity index (χ3n) is 2.92. The molecule has 0 spiro atoms. The van der Waals surface area contributed by atoms with Gasteiger partial charge in [0.05, 0.1) is 0 Å². The van der Waals surface area contributed by atoms with Gasteiger partial charge in [0.15, 0.2) is 0 Å². The first-order valence-corrected chi connectivity index (χ1v) is 6.79. The molecule has 1 aromatic heterocycles. The van der Waals surface area contributed by atoms with E-state index >= 15 is 0 Å². The molecule has 2 aromatic rings. The van der Waals surface area contributed by atoms with E-state index in [4.69, 9.17) is 0 Å². The third kappa shape index (κ3) is 2.76. The summed E-state index contributed by atoms with van der Waals surface area (Å²) in [5.74, 6) is 0.490. The van der Waals surface area contributed by atoms with E-state index in [0.29, 0.717) is 5.92 Å². The lowest BCUT2D eigenvalue weighted by Crippen LogP contribution is -2.00. The van der Waals surface area contributed by atoms with Crippen LogP contribution in [-0.2, 0) is 0 Å². The van der Waals surface area contributed by atoms with Gasteiger partial charge in [0.2, 0.25) is 0 Å². The smallest absolute Gasteiger partial charge is 0.113 e. The average Bonchev–Trinajstić information content (AvgIpc) is 2.80. The topological polar surface area (TPSA) is 20.2 Å². The van der Waals surface area contributed by atoms with Crippen LogP contribution in [0.5, 0.6) is 0 Å². The monoisotopic (exact) mass is 246 g/mol. The fraction of sp³-hybridized carbons (Fsp3) is 0.333. The summed E-state index contributed by atoms with van der Waals surface area (Å²) in [6.45, 7) is 6.43. The number of hydrogen-bond donors (Lipinski definition) is 1. The molecule has 0 aliphatic heterocycles. The number of aliphatic hydroxyl groups is 1. The Labute approximate surface area is 107 Å². The van der Waals surface area contributed by atoms with E-state index in [1.807, 2.05) is 17.5 Å². The molecular formula is C15H18OS. The molecule has 0 aliphatic carbocycles. The standard InChI is InChI=1S/C15H18OS/c1-10(2)12-7-11(3)8-13(9-12)15(16)14-5-4-6-17-14/h4-10,15-16H,1-3H3. The number of rotatable bonds is 3. The second-order valence-electron chi connectivity index (χ2n) is 4.75. The molecule has 1 nitrogen and oxygen atoms in total. The van der Waals surface area contributed by atoms with Gasteiger partial charge < -0.3 is 5.11 Å². The Morgan fingerprint density at radius 1 is 1.12 bits per heavy atom. The highest BCUT2D eigenvalue weighted by Crippen LogP contribution is 2.28. The first-order valence-electron chi connectivity index (χ1n) is 5.91. The molecular weight excluding hydrogens is 228 g/mol. The summed E-state index contributed by atoms with van der Waals surface area (Å²) in [6, 6.07) is 10.3. The van der Waals surface area contributed by atoms with Gasteiger partial charge in [-0.25, -0.2) is 0 Å². The minimum Gasteiger partial charge on any atom is -0.383 e. The average molecular weight is 246 g/mol. The molecule has 1 atom stereocenters. The highest BCUT2D eigenvalue weighted by Gasteiger charge is 2.13. The second kappa shape index (κ2) is 5.03. The van der Waals surface area contributed by atoms with Gasteiger partial charge in [-0.3, -0.25) is 0 Å². The van der Waals surface area contributed by atoms with Crippen LogP contribution in [0.4, 0.5) is 0 Å². The quantitative estimate of drug-likeness (QED) is 0.858. The molecule has 0 saturated heterocycles. The van der Waals surface area contributed by atoms with Gasteiger partial charge >= 0.3 is 0 Å². The molecule has 0 amide bonds. The van der Waals surface area contributed by atoms with Crippen LogP contribution in [0.15, 0.2) is 35.7 Å². The van der Waals surface area contributed by atoms with Crippen molar-refractivity contribution in [3.8, 4) is 0 Å². The first kappa shape index (κ1) is 12.3. The van der Waals surface area contributed by atoms with Crippen LogP contribution >= 0.6 is 11.3 Å². The van der Waals surface area contributed by atoms with Crippen molar-refractivity contribution < 1.29 is 5.11 Å². The molecule has 1 N–H and O–H groups in total. The third-order valence-corrected chi connectivity index (χ3v) is 3.84. The summed E-state index contributed by atoms with van der Waals surface area (Å²) >= 11 is 1.60. The summed E-state index contributed by atoms with van der Waals surface area (Å²) in [5.41, 5.74) is 3.49. The van der Waals surface area contributed by atoms with Crippen LogP contribution < -0.4 is 0 Å². The van der Waals surface area contributed by atoms with Crippen molar-refractivity contribution in [1.82, 2.24) is 0 Å². The molecule has 17 heavy (non-hydrogen) atoms. The Balaban J connectivity index is 2.38. The lowest BCUT2D eigenvalue weighted by atomic mass is 9.96. The van der Waals surface area contributed by atoms with E-state index in [-0.39, 0.29) is 0 Å². The van der Waals surface area contributed by atoms with Crippen molar-refractivity contribution >= 4 is 11.3 Å². The molecule has 0 saturated carbocycles. The van der Waals surface area contributed by atoms with Gasteiger partial charge in [-0.05, 0) is 35.4 Å². The number of aryl methyl sites for hydroxylation is 1. The molecule has 2 heteroatoms. The van der Waals surface area contributed by atoms with E-state index in [0.717, 1.165) is 10.4 Å². The van der Waals surface area contributed by atoms with Gasteiger partial charge in [-0.2, -0.15) is 0 Å². The first-order chi connectivity index (χ1) is 8.08. The van der Waals surface area contributed by atoms with E-state index in [1.54, 1.807) is 11.3 Å². The van der Waals surface area contributed by atoms with Crippen molar-refractivity contribution in [3.63, 3.8) is 0 Å². The summed E-state index contributed by atoms with van der Waals surface area (Å²) in [4.78, 5) is 1.00. The molecule has 90 valence electrons. The minimum absolute atomic E-state index is 0.490. The number of hydrogen-bond acceptors (Lipinski definition) is 2. The normalized spacial score (nSPS) is 13.0. The Morgan fingerprint density at radius 2 is 1.82 bits per heavy atom. The summed E-state index contributed by atoms with van der Waals surface area (Å²) in [7, 11) is 0. The van der Waals surface area contributed by atoms with Crippen LogP contribution in [0, 0.1) is 6.92 Å². The lowest BCUT2D eigenvalue weighted by molar-refractivity contribution is 0.224. The van der Waals surface area contributed by atoms with Crippen LogP contribution in [0.3, 0.4) is 0 Å². The molecule has 2 rings (SSSR count). The van der Waals surface area contributed by atoms with Crippen LogP contribution in [-0.4, -0.2) is 5.11 Å². The zero-order valence-electron chi connectivity index (χ0n) is 10.5. The largest absolute Gasteiger partial charge is 0.383 e. The number of thiophene rings is 1. The van der Waals surface area contributed by atoms with Crippen molar-refractivity contribution in [2.24, 2.45) is 0 Å². The molecule has 1 unspecified atom stereocenters. The maximum absolute atomic E-state index is 10.3. The molecule has 0 radical (unpaired) electrons. The van der Waals surface area contributed by atoms with Crippen LogP contribution in [0.25, 0.3) is 0 Å². The molecule has 1 aromatic carbocycles. The maximum atomic E-state index is 10.3. The zero-order chi connectivity index (χ0) is 12.4. The van der Waals surface area contributed by atoms with E-state index in [9.17, 15) is 5.11 Å². The summed E-state index contributed by atoms with van der Waals surface area (Å²) in [5, 5.41) is 12.3. The van der Waals surface area contributed by atoms with Gasteiger partial charge in [0.25, 0.3) is 0 Å². The Morgan fingerprint density at radius 3 is 2.41 bits per heavy atom. The molecule has 1 heterocycles. The Bertz CT molecular complexity index is 486. The van der Waals surface area contributed by atoms with Gasteiger partial charge in [-0.15, -0.1) is 11.3 Å². The summed E-state index contributed by atoms with van der Waals surface area (Å²) in [6.07, 6.45) is -0.493. The SMILES string of the molecule is Cc1cc(C(C)C)cc(C(O)c2cccs2)c1. The predicted octanol–water partition coefficient (Wildman–Crippen LogP) is 4.26. The van der Waals surface area contributed by atoms with Gasteiger partial charge in [0.1, 0.15) is 6.10 Å². The van der Waals surface area contributed by atoms with Crippen molar-refractivity contribution in [3.05, 3.63) is 57.3 Å². The summed E-state index contributed by atoms with van der Waals surface area (Å²) < 4.78 is 0. The number of benzene rings is 1. The van der Waals surface area contributed by atoms with Crippen LogP contribution in [0.1, 0.15) is 47.4 Å². The Kier molecular flexibility index (Phi) is 3.65. The minimum atomic E-state index is -0.493. The molecule has 0 bridgehead atoms. The van der Waals surface area contributed by atoms with E-state index < -0.39 is 6.10 Å². The van der Waals surface area contributed by atoms with Crippen molar-refractivity contribution in [2.75, 3.05) is 0 Å². The van der Waals surface area contributed by atoms with Gasteiger partial charge in [0, 0.05) is 4.88 Å². The molecule has 0 fully saturated rings. The highest BCUT2D eigenvalue weighted by molar-refractivity contribution is 7.10. The Hall–Kier alpha value is -1.12. The fourth-order valence-electron chi connectivity index (χ4n) is 1.95. The van der Waals surface area contributed by atoms with E-state index in [1.165, 1.54) is 11.1 Å². The van der Waals surface area contributed by atoms with E-state index in [2.05, 4.69) is 39.0 Å². The fourth-order valence-corrected chi connectivity index (χ4v) is 2.68. The predicted molar refractivity (Wildman–Crippen MR) is 73.6 cm³/mol. The lowest BCUT2D eigenvalue weighted by Gasteiger charge is -2.14. The van der Waals surface area contributed by atoms with Gasteiger partial charge in [-0.1, -0.05) is 43.7 Å². The molecule has 0 aliphatic rings. The zero-order valence-corrected chi connectivity index (χ0v) is 11.3. The number of aliphatic hydroxyl groups excluding tert-OH is 1.